The summed E-state index contributed by atoms with van der Waals surface area (Å²) in [5.74, 6) is -3.50. The number of nitrogens with zero attached hydrogens (tertiary/aromatic N) is 4. The van der Waals surface area contributed by atoms with Gasteiger partial charge in [-0.3, -0.25) is 4.90 Å². The first-order valence-electron chi connectivity index (χ1n) is 6.97. The Kier molecular flexibility index (Phi) is 4.22. The summed E-state index contributed by atoms with van der Waals surface area (Å²) in [5.41, 5.74) is -0.264. The van der Waals surface area contributed by atoms with Gasteiger partial charge in [0, 0.05) is 19.2 Å². The zero-order valence-electron chi connectivity index (χ0n) is 12.8. The number of rotatable bonds is 2. The molecule has 0 bridgehead atoms. The Balaban J connectivity index is 1.90. The van der Waals surface area contributed by atoms with Gasteiger partial charge in [0.25, 0.3) is 0 Å². The van der Waals surface area contributed by atoms with Crippen molar-refractivity contribution in [2.24, 2.45) is 0 Å². The van der Waals surface area contributed by atoms with E-state index in [0.29, 0.717) is 12.1 Å². The number of hydrogen-bond donors (Lipinski definition) is 0. The predicted octanol–water partition coefficient (Wildman–Crippen LogP) is 3.61. The summed E-state index contributed by atoms with van der Waals surface area (Å²) >= 11 is 0. The zero-order valence-corrected chi connectivity index (χ0v) is 12.8. The van der Waals surface area contributed by atoms with Crippen LogP contribution < -0.4 is 4.90 Å². The lowest BCUT2D eigenvalue weighted by atomic mass is 10.2. The molecule has 0 aliphatic carbocycles. The lowest BCUT2D eigenvalue weighted by Crippen LogP contribution is -2.32. The molecule has 128 valence electrons. The Hall–Kier alpha value is -3.23. The second kappa shape index (κ2) is 6.34. The van der Waals surface area contributed by atoms with Crippen LogP contribution in [0.4, 0.5) is 28.0 Å². The highest BCUT2D eigenvalue weighted by molar-refractivity contribution is 5.92. The van der Waals surface area contributed by atoms with Gasteiger partial charge < -0.3 is 0 Å². The first kappa shape index (κ1) is 16.6. The van der Waals surface area contributed by atoms with Crippen LogP contribution in [0.1, 0.15) is 0 Å². The van der Waals surface area contributed by atoms with Gasteiger partial charge in [0.15, 0.2) is 5.82 Å². The molecule has 0 spiro atoms. The summed E-state index contributed by atoms with van der Waals surface area (Å²) in [6, 6.07) is 4.77. The maximum Gasteiger partial charge on any atom is 0.350 e. The minimum absolute atomic E-state index is 0.0939. The van der Waals surface area contributed by atoms with E-state index in [0.717, 1.165) is 40.2 Å². The second-order valence-electron chi connectivity index (χ2n) is 5.07. The van der Waals surface area contributed by atoms with Gasteiger partial charge >= 0.3 is 6.03 Å². The predicted molar refractivity (Wildman–Crippen MR) is 80.9 cm³/mol. The van der Waals surface area contributed by atoms with Gasteiger partial charge in [-0.25, -0.2) is 27.3 Å². The van der Waals surface area contributed by atoms with Crippen molar-refractivity contribution < 1.29 is 22.4 Å². The van der Waals surface area contributed by atoms with Crippen LogP contribution in [0.3, 0.4) is 0 Å². The van der Waals surface area contributed by atoms with Crippen LogP contribution in [-0.4, -0.2) is 27.8 Å². The number of aromatic nitrogens is 3. The van der Waals surface area contributed by atoms with Crippen LogP contribution in [0.2, 0.25) is 0 Å². The van der Waals surface area contributed by atoms with Crippen molar-refractivity contribution in [1.29, 1.82) is 0 Å². The molecule has 0 aliphatic rings. The van der Waals surface area contributed by atoms with E-state index in [9.17, 15) is 22.4 Å². The molecule has 0 aliphatic heterocycles. The third-order valence-corrected chi connectivity index (χ3v) is 3.42. The number of anilines is 1. The summed E-state index contributed by atoms with van der Waals surface area (Å²) in [7, 11) is 1.26. The van der Waals surface area contributed by atoms with Crippen molar-refractivity contribution in [2.75, 3.05) is 11.9 Å². The average molecular weight is 350 g/mol. The van der Waals surface area contributed by atoms with E-state index in [-0.39, 0.29) is 17.1 Å². The van der Waals surface area contributed by atoms with E-state index in [4.69, 9.17) is 0 Å². The van der Waals surface area contributed by atoms with E-state index >= 15 is 0 Å². The van der Waals surface area contributed by atoms with Gasteiger partial charge in [0.2, 0.25) is 0 Å². The molecule has 9 heteroatoms. The largest absolute Gasteiger partial charge is 0.350 e. The van der Waals surface area contributed by atoms with Crippen molar-refractivity contribution >= 4 is 11.7 Å². The molecule has 0 fully saturated rings. The van der Waals surface area contributed by atoms with Gasteiger partial charge in [-0.2, -0.15) is 4.68 Å². The molecule has 1 heterocycles. The highest BCUT2D eigenvalue weighted by Crippen LogP contribution is 2.21. The van der Waals surface area contributed by atoms with Crippen LogP contribution in [0.25, 0.3) is 11.4 Å². The van der Waals surface area contributed by atoms with Gasteiger partial charge in [-0.05, 0) is 24.3 Å². The van der Waals surface area contributed by atoms with Gasteiger partial charge in [-0.15, -0.1) is 5.10 Å². The minimum Gasteiger partial charge on any atom is -0.293 e. The van der Waals surface area contributed by atoms with Gasteiger partial charge in [0.05, 0.1) is 11.3 Å². The molecule has 3 rings (SSSR count). The molecule has 1 aromatic heterocycles. The topological polar surface area (TPSA) is 51.0 Å². The average Bonchev–Trinajstić information content (AvgIpc) is 3.03. The summed E-state index contributed by atoms with van der Waals surface area (Å²) in [4.78, 5) is 17.0. The maximum atomic E-state index is 13.8. The van der Waals surface area contributed by atoms with Crippen molar-refractivity contribution in [3.8, 4) is 11.4 Å². The smallest absolute Gasteiger partial charge is 0.293 e. The third-order valence-electron chi connectivity index (χ3n) is 3.42. The summed E-state index contributed by atoms with van der Waals surface area (Å²) in [6.07, 6.45) is 1.01. The fourth-order valence-electron chi connectivity index (χ4n) is 2.16. The molecule has 3 aromatic rings. The number of benzene rings is 2. The molecule has 0 N–H and O–H groups in total. The number of carbonyl (C=O) groups excluding carboxylic acids is 1. The number of hydrogen-bond acceptors (Lipinski definition) is 3. The van der Waals surface area contributed by atoms with Crippen molar-refractivity contribution in [3.05, 3.63) is 66.0 Å². The molecule has 1 amide bonds. The van der Waals surface area contributed by atoms with Crippen LogP contribution >= 0.6 is 0 Å². The van der Waals surface area contributed by atoms with Gasteiger partial charge in [0.1, 0.15) is 29.6 Å². The lowest BCUT2D eigenvalue weighted by Gasteiger charge is -2.17. The summed E-state index contributed by atoms with van der Waals surface area (Å²) in [5, 5.41) is 3.82. The fourth-order valence-corrected chi connectivity index (χ4v) is 2.16. The standard InChI is InChI=1S/C16H10F4N4O/c1-23(14-5-3-10(18)7-13(14)20)16(25)24-8-21-15(22-24)11-4-2-9(17)6-12(11)19/h2-8H,1H3. The van der Waals surface area contributed by atoms with E-state index in [1.165, 1.54) is 7.05 Å². The molecule has 2 aromatic carbocycles. The molecule has 0 unspecified atom stereocenters. The Morgan fingerprint density at radius 1 is 1.00 bits per heavy atom. The number of halogens is 4. The highest BCUT2D eigenvalue weighted by Gasteiger charge is 2.20. The van der Waals surface area contributed by atoms with Crippen LogP contribution in [0, 0.1) is 23.3 Å². The summed E-state index contributed by atoms with van der Waals surface area (Å²) < 4.78 is 54.2. The van der Waals surface area contributed by atoms with E-state index in [1.54, 1.807) is 0 Å². The molecular formula is C16H10F4N4O. The Bertz CT molecular complexity index is 957. The van der Waals surface area contributed by atoms with Crippen LogP contribution in [0.15, 0.2) is 42.7 Å². The Morgan fingerprint density at radius 2 is 1.64 bits per heavy atom. The Labute approximate surface area is 139 Å². The summed E-state index contributed by atoms with van der Waals surface area (Å²) in [6.45, 7) is 0. The monoisotopic (exact) mass is 350 g/mol. The molecule has 25 heavy (non-hydrogen) atoms. The molecule has 0 saturated heterocycles. The van der Waals surface area contributed by atoms with Gasteiger partial charge in [-0.1, -0.05) is 0 Å². The number of amides is 1. The van der Waals surface area contributed by atoms with Crippen molar-refractivity contribution in [2.45, 2.75) is 0 Å². The normalized spacial score (nSPS) is 10.8. The number of carbonyl (C=O) groups is 1. The lowest BCUT2D eigenvalue weighted by molar-refractivity contribution is 0.246. The minimum atomic E-state index is -0.930. The van der Waals surface area contributed by atoms with Crippen LogP contribution in [-0.2, 0) is 0 Å². The highest BCUT2D eigenvalue weighted by atomic mass is 19.1. The fraction of sp³-hybridized carbons (Fsp3) is 0.0625. The molecule has 0 atom stereocenters. The van der Waals surface area contributed by atoms with Crippen molar-refractivity contribution in [1.82, 2.24) is 14.8 Å². The van der Waals surface area contributed by atoms with Crippen LogP contribution in [0.5, 0.6) is 0 Å². The van der Waals surface area contributed by atoms with E-state index in [2.05, 4.69) is 10.1 Å². The molecule has 0 radical (unpaired) electrons. The third kappa shape index (κ3) is 3.21. The second-order valence-corrected chi connectivity index (χ2v) is 5.07. The SMILES string of the molecule is CN(C(=O)n1cnc(-c2ccc(F)cc2F)n1)c1ccc(F)cc1F. The molecule has 5 nitrogen and oxygen atoms in total. The van der Waals surface area contributed by atoms with E-state index in [1.807, 2.05) is 0 Å². The first-order chi connectivity index (χ1) is 11.9. The molecule has 0 saturated carbocycles. The quantitative estimate of drug-likeness (QED) is 0.664. The van der Waals surface area contributed by atoms with Crippen molar-refractivity contribution in [3.63, 3.8) is 0 Å². The molecular weight excluding hydrogens is 340 g/mol. The maximum absolute atomic E-state index is 13.8. The van der Waals surface area contributed by atoms with E-state index < -0.39 is 29.3 Å². The Morgan fingerprint density at radius 3 is 2.28 bits per heavy atom. The zero-order chi connectivity index (χ0) is 18.1. The first-order valence-corrected chi connectivity index (χ1v) is 6.97.